The van der Waals surface area contributed by atoms with E-state index in [0.29, 0.717) is 32.8 Å². The first-order valence-electron chi connectivity index (χ1n) is 8.91. The standard InChI is InChI=1S/C20H22N2O3/c23-19(17-8-3-6-15-5-1-2-7-16(15)17)21-10-12-22(13-11-21)20(24)18-9-4-14-25-18/h1-3,5-8,18H,4,9-14H2. The molecule has 1 atom stereocenters. The second-order valence-corrected chi connectivity index (χ2v) is 6.65. The van der Waals surface area contributed by atoms with Crippen LogP contribution in [0.2, 0.25) is 0 Å². The molecule has 4 rings (SSSR count). The quantitative estimate of drug-likeness (QED) is 0.844. The molecule has 2 aliphatic heterocycles. The molecule has 130 valence electrons. The van der Waals surface area contributed by atoms with E-state index in [9.17, 15) is 9.59 Å². The smallest absolute Gasteiger partial charge is 0.254 e. The fourth-order valence-corrected chi connectivity index (χ4v) is 3.69. The minimum absolute atomic E-state index is 0.0426. The predicted octanol–water partition coefficient (Wildman–Crippen LogP) is 2.30. The van der Waals surface area contributed by atoms with E-state index in [-0.39, 0.29) is 17.9 Å². The number of fused-ring (bicyclic) bond motifs is 1. The highest BCUT2D eigenvalue weighted by atomic mass is 16.5. The van der Waals surface area contributed by atoms with Crippen molar-refractivity contribution in [3.8, 4) is 0 Å². The Kier molecular flexibility index (Phi) is 4.40. The van der Waals surface area contributed by atoms with Crippen LogP contribution in [0.3, 0.4) is 0 Å². The minimum atomic E-state index is -0.277. The molecule has 0 aliphatic carbocycles. The van der Waals surface area contributed by atoms with E-state index in [2.05, 4.69) is 0 Å². The number of rotatable bonds is 2. The van der Waals surface area contributed by atoms with Gasteiger partial charge in [-0.15, -0.1) is 0 Å². The van der Waals surface area contributed by atoms with Gasteiger partial charge in [-0.1, -0.05) is 36.4 Å². The SMILES string of the molecule is O=C(c1cccc2ccccc12)N1CCN(C(=O)C2CCCO2)CC1. The van der Waals surface area contributed by atoms with Crippen molar-refractivity contribution in [2.75, 3.05) is 32.8 Å². The zero-order valence-corrected chi connectivity index (χ0v) is 14.2. The van der Waals surface area contributed by atoms with Gasteiger partial charge in [0.25, 0.3) is 11.8 Å². The van der Waals surface area contributed by atoms with Gasteiger partial charge in [-0.05, 0) is 29.7 Å². The number of nitrogens with zero attached hydrogens (tertiary/aromatic N) is 2. The molecule has 0 bridgehead atoms. The van der Waals surface area contributed by atoms with E-state index in [1.807, 2.05) is 52.3 Å². The predicted molar refractivity (Wildman–Crippen MR) is 95.4 cm³/mol. The maximum atomic E-state index is 12.9. The number of ether oxygens (including phenoxy) is 1. The summed E-state index contributed by atoms with van der Waals surface area (Å²) in [5, 5.41) is 2.05. The van der Waals surface area contributed by atoms with Gasteiger partial charge in [0.1, 0.15) is 6.10 Å². The number of piperazine rings is 1. The van der Waals surface area contributed by atoms with E-state index in [0.717, 1.165) is 29.2 Å². The summed E-state index contributed by atoms with van der Waals surface area (Å²) >= 11 is 0. The van der Waals surface area contributed by atoms with Crippen LogP contribution >= 0.6 is 0 Å². The summed E-state index contributed by atoms with van der Waals surface area (Å²) in [6, 6.07) is 13.8. The molecule has 25 heavy (non-hydrogen) atoms. The fraction of sp³-hybridized carbons (Fsp3) is 0.400. The molecule has 2 heterocycles. The Hall–Kier alpha value is -2.40. The van der Waals surface area contributed by atoms with Crippen molar-refractivity contribution in [3.63, 3.8) is 0 Å². The molecule has 5 nitrogen and oxygen atoms in total. The Bertz CT molecular complexity index is 785. The largest absolute Gasteiger partial charge is 0.368 e. The maximum absolute atomic E-state index is 12.9. The molecule has 2 fully saturated rings. The monoisotopic (exact) mass is 338 g/mol. The summed E-state index contributed by atoms with van der Waals surface area (Å²) in [5.41, 5.74) is 0.733. The number of hydrogen-bond donors (Lipinski definition) is 0. The number of carbonyl (C=O) groups excluding carboxylic acids is 2. The summed E-state index contributed by atoms with van der Waals surface area (Å²) in [6.07, 6.45) is 1.49. The molecular weight excluding hydrogens is 316 g/mol. The van der Waals surface area contributed by atoms with Crippen LogP contribution in [0.4, 0.5) is 0 Å². The minimum Gasteiger partial charge on any atom is -0.368 e. The summed E-state index contributed by atoms with van der Waals surface area (Å²) in [5.74, 6) is 0.121. The summed E-state index contributed by atoms with van der Waals surface area (Å²) < 4.78 is 5.49. The molecule has 0 N–H and O–H groups in total. The zero-order valence-electron chi connectivity index (χ0n) is 14.2. The van der Waals surface area contributed by atoms with Gasteiger partial charge in [-0.25, -0.2) is 0 Å². The lowest BCUT2D eigenvalue weighted by Crippen LogP contribution is -2.52. The fourth-order valence-electron chi connectivity index (χ4n) is 3.69. The normalized spacial score (nSPS) is 20.9. The first kappa shape index (κ1) is 16.1. The van der Waals surface area contributed by atoms with Crippen LogP contribution in [-0.2, 0) is 9.53 Å². The third-order valence-electron chi connectivity index (χ3n) is 5.10. The summed E-state index contributed by atoms with van der Waals surface area (Å²) in [4.78, 5) is 29.0. The Morgan fingerprint density at radius 1 is 0.920 bits per heavy atom. The van der Waals surface area contributed by atoms with Gasteiger partial charge < -0.3 is 14.5 Å². The van der Waals surface area contributed by atoms with Crippen LogP contribution in [0.15, 0.2) is 42.5 Å². The van der Waals surface area contributed by atoms with E-state index >= 15 is 0 Å². The highest BCUT2D eigenvalue weighted by Crippen LogP contribution is 2.21. The van der Waals surface area contributed by atoms with Gasteiger partial charge in [-0.2, -0.15) is 0 Å². The Morgan fingerprint density at radius 2 is 1.64 bits per heavy atom. The van der Waals surface area contributed by atoms with Crippen molar-refractivity contribution in [3.05, 3.63) is 48.0 Å². The Balaban J connectivity index is 1.45. The van der Waals surface area contributed by atoms with Gasteiger partial charge in [-0.3, -0.25) is 9.59 Å². The van der Waals surface area contributed by atoms with Crippen LogP contribution in [0.5, 0.6) is 0 Å². The molecule has 0 aromatic heterocycles. The molecule has 2 amide bonds. The second kappa shape index (κ2) is 6.84. The van der Waals surface area contributed by atoms with Crippen LogP contribution < -0.4 is 0 Å². The highest BCUT2D eigenvalue weighted by Gasteiger charge is 2.31. The molecule has 1 unspecified atom stereocenters. The van der Waals surface area contributed by atoms with Gasteiger partial charge in [0.05, 0.1) is 0 Å². The van der Waals surface area contributed by atoms with Crippen LogP contribution in [0.1, 0.15) is 23.2 Å². The first-order valence-corrected chi connectivity index (χ1v) is 8.91. The maximum Gasteiger partial charge on any atom is 0.254 e. The molecule has 2 saturated heterocycles. The second-order valence-electron chi connectivity index (χ2n) is 6.65. The van der Waals surface area contributed by atoms with Crippen molar-refractivity contribution in [1.29, 1.82) is 0 Å². The lowest BCUT2D eigenvalue weighted by Gasteiger charge is -2.36. The lowest BCUT2D eigenvalue weighted by atomic mass is 10.0. The van der Waals surface area contributed by atoms with E-state index in [1.54, 1.807) is 0 Å². The molecule has 2 aromatic rings. The van der Waals surface area contributed by atoms with E-state index in [1.165, 1.54) is 0 Å². The average molecular weight is 338 g/mol. The number of hydrogen-bond acceptors (Lipinski definition) is 3. The first-order chi connectivity index (χ1) is 12.2. The molecule has 0 radical (unpaired) electrons. The molecule has 0 saturated carbocycles. The van der Waals surface area contributed by atoms with Crippen molar-refractivity contribution in [2.45, 2.75) is 18.9 Å². The summed E-state index contributed by atoms with van der Waals surface area (Å²) in [7, 11) is 0. The lowest BCUT2D eigenvalue weighted by molar-refractivity contribution is -0.142. The van der Waals surface area contributed by atoms with Crippen molar-refractivity contribution in [2.24, 2.45) is 0 Å². The van der Waals surface area contributed by atoms with E-state index in [4.69, 9.17) is 4.74 Å². The Morgan fingerprint density at radius 3 is 2.40 bits per heavy atom. The van der Waals surface area contributed by atoms with Crippen molar-refractivity contribution < 1.29 is 14.3 Å². The van der Waals surface area contributed by atoms with Crippen LogP contribution in [0, 0.1) is 0 Å². The molecule has 2 aliphatic rings. The highest BCUT2D eigenvalue weighted by molar-refractivity contribution is 6.07. The molecule has 5 heteroatoms. The third-order valence-corrected chi connectivity index (χ3v) is 5.10. The topological polar surface area (TPSA) is 49.9 Å². The van der Waals surface area contributed by atoms with Crippen LogP contribution in [0.25, 0.3) is 10.8 Å². The van der Waals surface area contributed by atoms with Crippen molar-refractivity contribution >= 4 is 22.6 Å². The van der Waals surface area contributed by atoms with E-state index < -0.39 is 0 Å². The Labute approximate surface area is 147 Å². The van der Waals surface area contributed by atoms with Gasteiger partial charge >= 0.3 is 0 Å². The molecule has 2 aromatic carbocycles. The third kappa shape index (κ3) is 3.12. The number of amides is 2. The average Bonchev–Trinajstić information content (AvgIpc) is 3.21. The van der Waals surface area contributed by atoms with Gasteiger partial charge in [0.15, 0.2) is 0 Å². The zero-order chi connectivity index (χ0) is 17.2. The number of benzene rings is 2. The number of carbonyl (C=O) groups is 2. The summed E-state index contributed by atoms with van der Waals surface area (Å²) in [6.45, 7) is 2.97. The van der Waals surface area contributed by atoms with Gasteiger partial charge in [0, 0.05) is 38.3 Å². The van der Waals surface area contributed by atoms with Crippen LogP contribution in [-0.4, -0.2) is 60.5 Å². The molecule has 0 spiro atoms. The van der Waals surface area contributed by atoms with Crippen molar-refractivity contribution in [1.82, 2.24) is 9.80 Å². The van der Waals surface area contributed by atoms with Gasteiger partial charge in [0.2, 0.25) is 0 Å². The molecular formula is C20H22N2O3.